The van der Waals surface area contributed by atoms with Crippen LogP contribution in [0.1, 0.15) is 36.8 Å². The fraction of sp³-hybridized carbons (Fsp3) is 0.625. The molecule has 1 aromatic rings. The summed E-state index contributed by atoms with van der Waals surface area (Å²) in [6, 6.07) is 7.00. The first kappa shape index (κ1) is 14.8. The van der Waals surface area contributed by atoms with Crippen LogP contribution >= 0.6 is 11.6 Å². The third-order valence-corrected chi connectivity index (χ3v) is 4.81. The van der Waals surface area contributed by atoms with Crippen LogP contribution in [0.3, 0.4) is 0 Å². The zero-order valence-electron chi connectivity index (χ0n) is 12.0. The maximum absolute atomic E-state index is 6.20. The van der Waals surface area contributed by atoms with Gasteiger partial charge in [-0.05, 0) is 56.5 Å². The van der Waals surface area contributed by atoms with Crippen LogP contribution in [0.4, 0.5) is 0 Å². The second-order valence-corrected chi connectivity index (χ2v) is 6.25. The second kappa shape index (κ2) is 6.74. The Hall–Kier alpha value is -0.570. The largest absolute Gasteiger partial charge is 0.330 e. The van der Waals surface area contributed by atoms with Crippen LogP contribution in [-0.4, -0.2) is 24.5 Å². The molecule has 0 saturated heterocycles. The molecular weight excluding hydrogens is 256 g/mol. The molecule has 2 nitrogen and oxygen atoms in total. The van der Waals surface area contributed by atoms with Gasteiger partial charge in [0.05, 0.1) is 0 Å². The van der Waals surface area contributed by atoms with Crippen LogP contribution in [0.25, 0.3) is 0 Å². The Kier molecular flexibility index (Phi) is 5.26. The topological polar surface area (TPSA) is 29.3 Å². The highest BCUT2D eigenvalue weighted by atomic mass is 35.5. The Labute approximate surface area is 121 Å². The van der Waals surface area contributed by atoms with Crippen LogP contribution in [0, 0.1) is 12.8 Å². The van der Waals surface area contributed by atoms with Crippen molar-refractivity contribution >= 4 is 11.6 Å². The Morgan fingerprint density at radius 1 is 1.32 bits per heavy atom. The standard InChI is InChI=1S/C16H25ClN2/c1-12-7-8-13(9-15(12)17)11-19(2)16-6-4-3-5-14(16)10-18/h7-9,14,16H,3-6,10-11,18H2,1-2H3. The molecule has 2 N–H and O–H groups in total. The van der Waals surface area contributed by atoms with Crippen LogP contribution in [0.5, 0.6) is 0 Å². The molecule has 0 bridgehead atoms. The first-order valence-corrected chi connectivity index (χ1v) is 7.65. The molecule has 1 saturated carbocycles. The van der Waals surface area contributed by atoms with Gasteiger partial charge in [-0.3, -0.25) is 4.90 Å². The van der Waals surface area contributed by atoms with E-state index in [2.05, 4.69) is 30.1 Å². The molecule has 2 unspecified atom stereocenters. The average molecular weight is 281 g/mol. The lowest BCUT2D eigenvalue weighted by molar-refractivity contribution is 0.127. The molecule has 2 atom stereocenters. The highest BCUT2D eigenvalue weighted by Crippen LogP contribution is 2.28. The van der Waals surface area contributed by atoms with Crippen molar-refractivity contribution in [3.63, 3.8) is 0 Å². The molecule has 0 spiro atoms. The van der Waals surface area contributed by atoms with E-state index in [1.54, 1.807) is 0 Å². The van der Waals surface area contributed by atoms with E-state index in [9.17, 15) is 0 Å². The minimum atomic E-state index is 0.624. The van der Waals surface area contributed by atoms with Crippen molar-refractivity contribution < 1.29 is 0 Å². The predicted octanol–water partition coefficient (Wildman–Crippen LogP) is 3.60. The fourth-order valence-electron chi connectivity index (χ4n) is 3.18. The van der Waals surface area contributed by atoms with Crippen LogP contribution in [-0.2, 0) is 6.54 Å². The van der Waals surface area contributed by atoms with Gasteiger partial charge < -0.3 is 5.73 Å². The van der Waals surface area contributed by atoms with Crippen molar-refractivity contribution in [3.8, 4) is 0 Å². The van der Waals surface area contributed by atoms with Crippen molar-refractivity contribution in [2.24, 2.45) is 11.7 Å². The van der Waals surface area contributed by atoms with Gasteiger partial charge >= 0.3 is 0 Å². The van der Waals surface area contributed by atoms with Gasteiger partial charge in [0.25, 0.3) is 0 Å². The van der Waals surface area contributed by atoms with Crippen LogP contribution in [0.2, 0.25) is 5.02 Å². The number of halogens is 1. The Morgan fingerprint density at radius 3 is 2.74 bits per heavy atom. The zero-order chi connectivity index (χ0) is 13.8. The molecule has 0 amide bonds. The third-order valence-electron chi connectivity index (χ3n) is 4.41. The van der Waals surface area contributed by atoms with E-state index < -0.39 is 0 Å². The number of nitrogens with zero attached hydrogens (tertiary/aromatic N) is 1. The molecule has 2 rings (SSSR count). The maximum atomic E-state index is 6.20. The summed E-state index contributed by atoms with van der Waals surface area (Å²) in [6.45, 7) is 3.81. The number of rotatable bonds is 4. The average Bonchev–Trinajstić information content (AvgIpc) is 2.43. The Morgan fingerprint density at radius 2 is 2.05 bits per heavy atom. The molecular formula is C16H25ClN2. The van der Waals surface area contributed by atoms with Crippen molar-refractivity contribution in [2.75, 3.05) is 13.6 Å². The molecule has 0 radical (unpaired) electrons. The smallest absolute Gasteiger partial charge is 0.0438 e. The molecule has 1 aliphatic carbocycles. The highest BCUT2D eigenvalue weighted by molar-refractivity contribution is 6.31. The summed E-state index contributed by atoms with van der Waals surface area (Å²) in [6.07, 6.45) is 5.22. The molecule has 0 aliphatic heterocycles. The van der Waals surface area contributed by atoms with Crippen molar-refractivity contribution in [1.82, 2.24) is 4.90 Å². The first-order chi connectivity index (χ1) is 9.11. The van der Waals surface area contributed by atoms with Gasteiger partial charge in [-0.25, -0.2) is 0 Å². The molecule has 3 heteroatoms. The van der Waals surface area contributed by atoms with Gasteiger partial charge in [0.2, 0.25) is 0 Å². The number of hydrogen-bond donors (Lipinski definition) is 1. The van der Waals surface area contributed by atoms with E-state index in [1.807, 2.05) is 6.92 Å². The van der Waals surface area contributed by atoms with E-state index >= 15 is 0 Å². The van der Waals surface area contributed by atoms with Gasteiger partial charge in [-0.15, -0.1) is 0 Å². The maximum Gasteiger partial charge on any atom is 0.0438 e. The molecule has 1 aromatic carbocycles. The van der Waals surface area contributed by atoms with Crippen LogP contribution in [0.15, 0.2) is 18.2 Å². The molecule has 0 heterocycles. The van der Waals surface area contributed by atoms with E-state index in [0.717, 1.165) is 23.7 Å². The van der Waals surface area contributed by atoms with E-state index in [0.29, 0.717) is 12.0 Å². The summed E-state index contributed by atoms with van der Waals surface area (Å²) in [4.78, 5) is 2.46. The molecule has 0 aromatic heterocycles. The van der Waals surface area contributed by atoms with E-state index in [-0.39, 0.29) is 0 Å². The van der Waals surface area contributed by atoms with Crippen molar-refractivity contribution in [3.05, 3.63) is 34.3 Å². The van der Waals surface area contributed by atoms with Gasteiger partial charge in [0, 0.05) is 17.6 Å². The van der Waals surface area contributed by atoms with Gasteiger partial charge in [0.1, 0.15) is 0 Å². The quantitative estimate of drug-likeness (QED) is 0.913. The summed E-state index contributed by atoms with van der Waals surface area (Å²) >= 11 is 6.20. The normalized spacial score (nSPS) is 23.8. The van der Waals surface area contributed by atoms with E-state index in [1.165, 1.54) is 31.2 Å². The number of nitrogens with two attached hydrogens (primary N) is 1. The van der Waals surface area contributed by atoms with Gasteiger partial charge in [-0.2, -0.15) is 0 Å². The lowest BCUT2D eigenvalue weighted by Gasteiger charge is -2.37. The third kappa shape index (κ3) is 3.71. The first-order valence-electron chi connectivity index (χ1n) is 7.27. The minimum absolute atomic E-state index is 0.624. The molecule has 1 aliphatic rings. The highest BCUT2D eigenvalue weighted by Gasteiger charge is 2.27. The SMILES string of the molecule is Cc1ccc(CN(C)C2CCCCC2CN)cc1Cl. The minimum Gasteiger partial charge on any atom is -0.330 e. The lowest BCUT2D eigenvalue weighted by atomic mass is 9.83. The number of hydrogen-bond acceptors (Lipinski definition) is 2. The lowest BCUT2D eigenvalue weighted by Crippen LogP contribution is -2.42. The van der Waals surface area contributed by atoms with E-state index in [4.69, 9.17) is 17.3 Å². The molecule has 19 heavy (non-hydrogen) atoms. The molecule has 106 valence electrons. The monoisotopic (exact) mass is 280 g/mol. The van der Waals surface area contributed by atoms with Crippen molar-refractivity contribution in [1.29, 1.82) is 0 Å². The molecule has 1 fully saturated rings. The summed E-state index contributed by atoms with van der Waals surface area (Å²) in [7, 11) is 2.21. The van der Waals surface area contributed by atoms with Gasteiger partial charge in [-0.1, -0.05) is 36.6 Å². The Balaban J connectivity index is 2.02. The summed E-state index contributed by atoms with van der Waals surface area (Å²) < 4.78 is 0. The zero-order valence-corrected chi connectivity index (χ0v) is 12.8. The van der Waals surface area contributed by atoms with Gasteiger partial charge in [0.15, 0.2) is 0 Å². The fourth-order valence-corrected chi connectivity index (χ4v) is 3.39. The Bertz CT molecular complexity index is 419. The van der Waals surface area contributed by atoms with Crippen LogP contribution < -0.4 is 5.73 Å². The second-order valence-electron chi connectivity index (χ2n) is 5.85. The van der Waals surface area contributed by atoms with Crippen molar-refractivity contribution in [2.45, 2.75) is 45.2 Å². The summed E-state index contributed by atoms with van der Waals surface area (Å²) in [5, 5.41) is 0.866. The summed E-state index contributed by atoms with van der Waals surface area (Å²) in [5.41, 5.74) is 8.36. The summed E-state index contributed by atoms with van der Waals surface area (Å²) in [5.74, 6) is 0.652. The number of benzene rings is 1. The number of aryl methyl sites for hydroxylation is 1. The predicted molar refractivity (Wildman–Crippen MR) is 82.5 cm³/mol.